The van der Waals surface area contributed by atoms with Crippen molar-refractivity contribution in [3.8, 4) is 0 Å². The molecule has 0 spiro atoms. The number of anilines is 1. The Morgan fingerprint density at radius 1 is 1.50 bits per heavy atom. The van der Waals surface area contributed by atoms with Crippen molar-refractivity contribution in [2.45, 2.75) is 33.2 Å². The van der Waals surface area contributed by atoms with Gasteiger partial charge in [0.25, 0.3) is 0 Å². The molecule has 2 heterocycles. The Balaban J connectivity index is 1.95. The first-order valence-electron chi connectivity index (χ1n) is 7.25. The third-order valence-corrected chi connectivity index (χ3v) is 4.34. The first-order chi connectivity index (χ1) is 10.5. The summed E-state index contributed by atoms with van der Waals surface area (Å²) in [6.45, 7) is 5.48. The second kappa shape index (κ2) is 7.78. The van der Waals surface area contributed by atoms with Gasteiger partial charge in [0.15, 0.2) is 5.13 Å². The summed E-state index contributed by atoms with van der Waals surface area (Å²) in [4.78, 5) is 30.9. The van der Waals surface area contributed by atoms with Crippen LogP contribution in [-0.4, -0.2) is 40.9 Å². The van der Waals surface area contributed by atoms with Crippen molar-refractivity contribution in [1.29, 1.82) is 0 Å². The van der Waals surface area contributed by atoms with E-state index in [0.717, 1.165) is 10.6 Å². The number of halogens is 1. The van der Waals surface area contributed by atoms with Gasteiger partial charge in [-0.1, -0.05) is 25.2 Å². The molecule has 0 saturated heterocycles. The average molecular weight is 346 g/mol. The van der Waals surface area contributed by atoms with Crippen molar-refractivity contribution < 1.29 is 14.3 Å². The minimum absolute atomic E-state index is 0.163. The van der Waals surface area contributed by atoms with E-state index < -0.39 is 6.09 Å². The van der Waals surface area contributed by atoms with Crippen molar-refractivity contribution >= 4 is 40.1 Å². The highest BCUT2D eigenvalue weighted by Gasteiger charge is 2.24. The van der Waals surface area contributed by atoms with Crippen LogP contribution < -0.4 is 5.32 Å². The Labute approximate surface area is 138 Å². The predicted molar refractivity (Wildman–Crippen MR) is 86.4 cm³/mol. The van der Waals surface area contributed by atoms with Crippen LogP contribution >= 0.6 is 22.9 Å². The molecule has 6 nitrogen and oxygen atoms in total. The number of aromatic nitrogens is 1. The molecule has 1 aromatic rings. The number of alkyl halides is 1. The van der Waals surface area contributed by atoms with Crippen molar-refractivity contribution in [2.75, 3.05) is 24.3 Å². The van der Waals surface area contributed by atoms with Crippen LogP contribution in [-0.2, 0) is 22.5 Å². The minimum Gasteiger partial charge on any atom is -0.448 e. The lowest BCUT2D eigenvalue weighted by Gasteiger charge is -2.26. The highest BCUT2D eigenvalue weighted by Crippen LogP contribution is 2.28. The summed E-state index contributed by atoms with van der Waals surface area (Å²) in [5, 5.41) is 3.10. The fourth-order valence-electron chi connectivity index (χ4n) is 2.19. The molecule has 0 aliphatic carbocycles. The van der Waals surface area contributed by atoms with Gasteiger partial charge in [0, 0.05) is 24.3 Å². The molecule has 0 fully saturated rings. The number of amides is 2. The van der Waals surface area contributed by atoms with Crippen LogP contribution in [0, 0.1) is 5.92 Å². The van der Waals surface area contributed by atoms with Gasteiger partial charge in [-0.25, -0.2) is 9.78 Å². The molecule has 0 bridgehead atoms. The second-order valence-electron chi connectivity index (χ2n) is 5.50. The summed E-state index contributed by atoms with van der Waals surface area (Å²) < 4.78 is 4.85. The van der Waals surface area contributed by atoms with Gasteiger partial charge < -0.3 is 9.64 Å². The van der Waals surface area contributed by atoms with Crippen molar-refractivity contribution in [1.82, 2.24) is 9.88 Å². The first-order valence-corrected chi connectivity index (χ1v) is 8.60. The van der Waals surface area contributed by atoms with Crippen molar-refractivity contribution in [3.63, 3.8) is 0 Å². The number of fused-ring (bicyclic) bond motifs is 1. The summed E-state index contributed by atoms with van der Waals surface area (Å²) in [5.41, 5.74) is 0.950. The third kappa shape index (κ3) is 4.58. The number of thiazole rings is 1. The fourth-order valence-corrected chi connectivity index (χ4v) is 3.28. The molecule has 1 aromatic heterocycles. The summed E-state index contributed by atoms with van der Waals surface area (Å²) >= 11 is 6.84. The monoisotopic (exact) mass is 345 g/mol. The van der Waals surface area contributed by atoms with E-state index >= 15 is 0 Å². The zero-order valence-electron chi connectivity index (χ0n) is 12.7. The van der Waals surface area contributed by atoms with Crippen LogP contribution in [0.25, 0.3) is 0 Å². The molecule has 1 aliphatic rings. The quantitative estimate of drug-likeness (QED) is 0.833. The Kier molecular flexibility index (Phi) is 6.02. The zero-order valence-corrected chi connectivity index (χ0v) is 14.3. The zero-order chi connectivity index (χ0) is 16.1. The Bertz CT molecular complexity index is 547. The molecule has 0 aromatic carbocycles. The molecule has 122 valence electrons. The van der Waals surface area contributed by atoms with Crippen molar-refractivity contribution in [2.24, 2.45) is 5.92 Å². The van der Waals surface area contributed by atoms with Gasteiger partial charge in [0.1, 0.15) is 6.61 Å². The van der Waals surface area contributed by atoms with Crippen LogP contribution in [0.3, 0.4) is 0 Å². The lowest BCUT2D eigenvalue weighted by atomic mass is 10.1. The normalized spacial score (nSPS) is 13.9. The van der Waals surface area contributed by atoms with E-state index in [0.29, 0.717) is 37.0 Å². The molecule has 2 rings (SSSR count). The number of hydrogen-bond donors (Lipinski definition) is 1. The number of hydrogen-bond acceptors (Lipinski definition) is 5. The van der Waals surface area contributed by atoms with E-state index in [1.165, 1.54) is 11.3 Å². The van der Waals surface area contributed by atoms with E-state index in [-0.39, 0.29) is 18.4 Å². The predicted octanol–water partition coefficient (Wildman–Crippen LogP) is 2.86. The van der Waals surface area contributed by atoms with E-state index in [4.69, 9.17) is 16.3 Å². The van der Waals surface area contributed by atoms with Gasteiger partial charge in [0.05, 0.1) is 18.1 Å². The van der Waals surface area contributed by atoms with E-state index in [1.54, 1.807) is 0 Å². The number of carbonyl (C=O) groups excluding carboxylic acids is 2. The number of rotatable bonds is 5. The maximum atomic E-state index is 12.1. The smallest absolute Gasteiger partial charge is 0.413 e. The fraction of sp³-hybridized carbons (Fsp3) is 0.643. The van der Waals surface area contributed by atoms with E-state index in [1.807, 2.05) is 18.7 Å². The Morgan fingerprint density at radius 2 is 2.27 bits per heavy atom. The van der Waals surface area contributed by atoms with Crippen LogP contribution in [0.15, 0.2) is 0 Å². The summed E-state index contributed by atoms with van der Waals surface area (Å²) in [7, 11) is 0. The lowest BCUT2D eigenvalue weighted by Crippen LogP contribution is -2.36. The summed E-state index contributed by atoms with van der Waals surface area (Å²) in [5.74, 6) is 0.781. The van der Waals surface area contributed by atoms with Gasteiger partial charge >= 0.3 is 6.09 Å². The molecule has 0 unspecified atom stereocenters. The maximum absolute atomic E-state index is 12.1. The highest BCUT2D eigenvalue weighted by atomic mass is 35.5. The summed E-state index contributed by atoms with van der Waals surface area (Å²) in [6.07, 6.45) is 0.720. The van der Waals surface area contributed by atoms with Crippen LogP contribution in [0.1, 0.15) is 30.8 Å². The highest BCUT2D eigenvalue weighted by molar-refractivity contribution is 7.15. The number of carbonyl (C=O) groups is 2. The molecule has 0 radical (unpaired) electrons. The SMILES string of the molecule is CC(C)CC(=O)N1CCc2nc(NC(=O)OCCCl)sc2C1. The second-order valence-corrected chi connectivity index (χ2v) is 6.96. The lowest BCUT2D eigenvalue weighted by molar-refractivity contribution is -0.132. The molecule has 22 heavy (non-hydrogen) atoms. The molecule has 0 atom stereocenters. The number of ether oxygens (including phenoxy) is 1. The van der Waals surface area contributed by atoms with Gasteiger partial charge in [-0.05, 0) is 5.92 Å². The van der Waals surface area contributed by atoms with Gasteiger partial charge in [-0.2, -0.15) is 0 Å². The molecular formula is C14H20ClN3O3S. The van der Waals surface area contributed by atoms with Crippen LogP contribution in [0.4, 0.5) is 9.93 Å². The van der Waals surface area contributed by atoms with Crippen molar-refractivity contribution in [3.05, 3.63) is 10.6 Å². The molecule has 1 aliphatic heterocycles. The average Bonchev–Trinajstić information content (AvgIpc) is 2.85. The molecular weight excluding hydrogens is 326 g/mol. The van der Waals surface area contributed by atoms with Crippen LogP contribution in [0.5, 0.6) is 0 Å². The van der Waals surface area contributed by atoms with E-state index in [9.17, 15) is 9.59 Å². The Hall–Kier alpha value is -1.34. The number of nitrogens with one attached hydrogen (secondary N) is 1. The van der Waals surface area contributed by atoms with Gasteiger partial charge in [0.2, 0.25) is 5.91 Å². The maximum Gasteiger partial charge on any atom is 0.413 e. The van der Waals surface area contributed by atoms with Crippen LogP contribution in [0.2, 0.25) is 0 Å². The largest absolute Gasteiger partial charge is 0.448 e. The summed E-state index contributed by atoms with van der Waals surface area (Å²) in [6, 6.07) is 0. The molecule has 2 amide bonds. The molecule has 8 heteroatoms. The minimum atomic E-state index is -0.556. The standard InChI is InChI=1S/C14H20ClN3O3S/c1-9(2)7-12(19)18-5-3-10-11(8-18)22-13(16-10)17-14(20)21-6-4-15/h9H,3-8H2,1-2H3,(H,16,17,20). The Morgan fingerprint density at radius 3 is 2.95 bits per heavy atom. The van der Waals surface area contributed by atoms with E-state index in [2.05, 4.69) is 10.3 Å². The molecule has 1 N–H and O–H groups in total. The topological polar surface area (TPSA) is 71.5 Å². The third-order valence-electron chi connectivity index (χ3n) is 3.19. The van der Waals surface area contributed by atoms with Gasteiger partial charge in [-0.3, -0.25) is 10.1 Å². The number of nitrogens with zero attached hydrogens (tertiary/aromatic N) is 2. The first kappa shape index (κ1) is 17.0. The van der Waals surface area contributed by atoms with Gasteiger partial charge in [-0.15, -0.1) is 11.6 Å². The molecule has 0 saturated carbocycles.